The van der Waals surface area contributed by atoms with Crippen LogP contribution in [0.1, 0.15) is 43.1 Å². The van der Waals surface area contributed by atoms with E-state index in [4.69, 9.17) is 16.3 Å². The number of hydrogen-bond acceptors (Lipinski definition) is 4. The van der Waals surface area contributed by atoms with E-state index in [1.165, 1.54) is 6.20 Å². The van der Waals surface area contributed by atoms with Gasteiger partial charge in [-0.1, -0.05) is 86.4 Å². The minimum atomic E-state index is -2.35. The van der Waals surface area contributed by atoms with Gasteiger partial charge in [-0.2, -0.15) is 0 Å². The van der Waals surface area contributed by atoms with Gasteiger partial charge in [-0.15, -0.1) is 54.1 Å². The predicted octanol–water partition coefficient (Wildman–Crippen LogP) is 13.1. The number of furan rings is 1. The number of benzene rings is 5. The summed E-state index contributed by atoms with van der Waals surface area (Å²) in [4.78, 5) is 13.9. The van der Waals surface area contributed by atoms with E-state index in [9.17, 15) is 13.2 Å². The number of para-hydroxylation sites is 3. The molecule has 5 aromatic carbocycles. The van der Waals surface area contributed by atoms with Gasteiger partial charge in [0.15, 0.2) is 0 Å². The summed E-state index contributed by atoms with van der Waals surface area (Å²) in [5.74, 6) is -2.62. The van der Waals surface area contributed by atoms with Gasteiger partial charge in [0.1, 0.15) is 17.5 Å². The Bertz CT molecular complexity index is 3230. The van der Waals surface area contributed by atoms with E-state index in [0.29, 0.717) is 67.6 Å². The van der Waals surface area contributed by atoms with Gasteiger partial charge < -0.3 is 14.0 Å². The number of imidazole rings is 1. The molecule has 0 aliphatic carbocycles. The Labute approximate surface area is 376 Å². The number of aryl methyl sites for hydroxylation is 3. The molecule has 0 unspecified atom stereocenters. The summed E-state index contributed by atoms with van der Waals surface area (Å²) in [6, 6.07) is 35.8. The molecule has 10 heteroatoms. The van der Waals surface area contributed by atoms with Crippen molar-refractivity contribution in [3.05, 3.63) is 161 Å². The fourth-order valence-corrected chi connectivity index (χ4v) is 8.92. The number of halogens is 3. The summed E-state index contributed by atoms with van der Waals surface area (Å²) in [6.07, 6.45) is -0.312. The Morgan fingerprint density at radius 2 is 1.56 bits per heavy atom. The van der Waals surface area contributed by atoms with Crippen molar-refractivity contribution in [2.24, 2.45) is 5.92 Å². The minimum absolute atomic E-state index is 0. The zero-order valence-electron chi connectivity index (χ0n) is 39.6. The quantitative estimate of drug-likeness (QED) is 0.118. The van der Waals surface area contributed by atoms with Crippen LogP contribution in [-0.2, 0) is 26.5 Å². The van der Waals surface area contributed by atoms with Gasteiger partial charge in [0.05, 0.1) is 36.1 Å². The standard InChI is InChI=1S/C32H19F3N3O.C19H26NSi.Ir/c1-17-7-5-8-18(2)29(17)38-27-12-4-3-11-26(27)37-31(38)22-10-6-9-21-23-13-19(16-36-32(23)39-30(21)22)28-24(34)14-20(33)15-25(28)35;1-14(2)12-17-13-18(21(4,5)6)15(3)20-19(17)16-10-8-7-9-11-16;/h3-9,11-16H,1-2H3;7-10,13-14H,12H2,1-6H3;/q2*-1;/i;3D3,12D2;. The molecule has 5 nitrogen and oxygen atoms in total. The maximum atomic E-state index is 14.5. The van der Waals surface area contributed by atoms with Crippen LogP contribution in [0.25, 0.3) is 72.6 Å². The third-order valence-corrected chi connectivity index (χ3v) is 12.3. The average Bonchev–Trinajstić information content (AvgIpc) is 3.81. The summed E-state index contributed by atoms with van der Waals surface area (Å²) in [6.45, 7) is 11.6. The first-order chi connectivity index (χ1) is 30.7. The van der Waals surface area contributed by atoms with Gasteiger partial charge >= 0.3 is 0 Å². The molecule has 61 heavy (non-hydrogen) atoms. The summed E-state index contributed by atoms with van der Waals surface area (Å²) in [5, 5.41) is 1.95. The third kappa shape index (κ3) is 8.49. The van der Waals surface area contributed by atoms with Gasteiger partial charge in [0.2, 0.25) is 5.71 Å². The van der Waals surface area contributed by atoms with E-state index in [1.54, 1.807) is 30.3 Å². The first kappa shape index (κ1) is 37.1. The Balaban J connectivity index is 0.000000211. The van der Waals surface area contributed by atoms with Crippen molar-refractivity contribution in [2.45, 2.75) is 60.6 Å². The molecular weight excluding hydrogens is 962 g/mol. The molecule has 9 rings (SSSR count). The maximum absolute atomic E-state index is 14.5. The molecule has 0 saturated heterocycles. The number of hydrogen-bond donors (Lipinski definition) is 0. The van der Waals surface area contributed by atoms with E-state index in [2.05, 4.69) is 72.3 Å². The first-order valence-electron chi connectivity index (χ1n) is 22.1. The van der Waals surface area contributed by atoms with Gasteiger partial charge in [-0.05, 0) is 73.2 Å². The van der Waals surface area contributed by atoms with Crippen LogP contribution in [-0.4, -0.2) is 27.6 Å². The van der Waals surface area contributed by atoms with E-state index in [0.717, 1.165) is 27.8 Å². The molecule has 0 atom stereocenters. The largest absolute Gasteiger partial charge is 0.486 e. The van der Waals surface area contributed by atoms with Gasteiger partial charge in [0, 0.05) is 67.6 Å². The minimum Gasteiger partial charge on any atom is -0.486 e. The van der Waals surface area contributed by atoms with Crippen LogP contribution < -0.4 is 5.19 Å². The molecule has 0 bridgehead atoms. The molecule has 311 valence electrons. The fourth-order valence-electron chi connectivity index (χ4n) is 7.58. The molecule has 0 N–H and O–H groups in total. The van der Waals surface area contributed by atoms with E-state index in [-0.39, 0.29) is 42.8 Å². The molecular formula is C51H45F3IrN4OSi-2. The van der Waals surface area contributed by atoms with E-state index >= 15 is 0 Å². The number of rotatable bonds is 7. The fraction of sp³-hybridized carbons (Fsp3) is 0.196. The van der Waals surface area contributed by atoms with Crippen LogP contribution in [0.15, 0.2) is 114 Å². The van der Waals surface area contributed by atoms with Crippen molar-refractivity contribution in [3.63, 3.8) is 0 Å². The summed E-state index contributed by atoms with van der Waals surface area (Å²) >= 11 is 0. The Hall–Kier alpha value is -5.67. The predicted molar refractivity (Wildman–Crippen MR) is 240 cm³/mol. The zero-order valence-corrected chi connectivity index (χ0v) is 38.0. The second-order valence-corrected chi connectivity index (χ2v) is 21.2. The molecule has 0 amide bonds. The molecule has 0 spiro atoms. The summed E-state index contributed by atoms with van der Waals surface area (Å²) < 4.78 is 92.0. The molecule has 4 aromatic heterocycles. The molecule has 0 fully saturated rings. The van der Waals surface area contributed by atoms with Crippen molar-refractivity contribution in [1.29, 1.82) is 0 Å². The van der Waals surface area contributed by atoms with Crippen molar-refractivity contribution >= 4 is 46.4 Å². The monoisotopic (exact) mass is 1010 g/mol. The van der Waals surface area contributed by atoms with Gasteiger partial charge in [-0.25, -0.2) is 18.2 Å². The molecule has 9 aromatic rings. The second-order valence-electron chi connectivity index (χ2n) is 16.1. The zero-order chi connectivity index (χ0) is 46.7. The average molecular weight is 1010 g/mol. The van der Waals surface area contributed by atoms with Crippen molar-refractivity contribution < 1.29 is 44.5 Å². The van der Waals surface area contributed by atoms with E-state index < -0.39 is 38.8 Å². The van der Waals surface area contributed by atoms with Crippen LogP contribution in [0.3, 0.4) is 0 Å². The molecule has 0 aliphatic heterocycles. The Kier molecular flexibility index (Phi) is 10.6. The van der Waals surface area contributed by atoms with E-state index in [1.807, 2.05) is 62.4 Å². The topological polar surface area (TPSA) is 56.7 Å². The Morgan fingerprint density at radius 1 is 0.836 bits per heavy atom. The molecule has 1 radical (unpaired) electrons. The maximum Gasteiger partial charge on any atom is 0.216 e. The van der Waals surface area contributed by atoms with Crippen molar-refractivity contribution in [3.8, 4) is 39.5 Å². The number of pyridine rings is 2. The first-order valence-corrected chi connectivity index (χ1v) is 23.1. The Morgan fingerprint density at radius 3 is 2.23 bits per heavy atom. The van der Waals surface area contributed by atoms with Crippen LogP contribution in [0.4, 0.5) is 13.2 Å². The number of aromatic nitrogens is 4. The van der Waals surface area contributed by atoms with Crippen molar-refractivity contribution in [1.82, 2.24) is 19.5 Å². The molecule has 0 saturated carbocycles. The molecule has 4 heterocycles. The smallest absolute Gasteiger partial charge is 0.216 e. The SMILES string of the molecule is Cc1cccc(C)c1-n1c(-c2[c-]ccc3c2oc2ncc(-c4c(F)cc(F)cc4F)cc23)nc2ccccc21.[2H]C([2H])([2H])c1nc(-c2[c-]cccc2)c(C([2H])([2H])C(C)C)cc1[Si](C)(C)C.[Ir]. The van der Waals surface area contributed by atoms with Crippen LogP contribution in [0.2, 0.25) is 19.6 Å². The van der Waals surface area contributed by atoms with Crippen LogP contribution in [0, 0.1) is 56.2 Å². The van der Waals surface area contributed by atoms with Gasteiger partial charge in [0.25, 0.3) is 0 Å². The molecule has 0 aliphatic rings. The van der Waals surface area contributed by atoms with Crippen LogP contribution in [0.5, 0.6) is 0 Å². The number of fused-ring (bicyclic) bond motifs is 4. The summed E-state index contributed by atoms with van der Waals surface area (Å²) in [7, 11) is -2.06. The third-order valence-electron chi connectivity index (χ3n) is 10.3. The van der Waals surface area contributed by atoms with Gasteiger partial charge in [-0.3, -0.25) is 4.98 Å². The normalized spacial score (nSPS) is 13.3. The number of nitrogens with zero attached hydrogens (tertiary/aromatic N) is 4. The summed E-state index contributed by atoms with van der Waals surface area (Å²) in [5.41, 5.74) is 7.73. The van der Waals surface area contributed by atoms with Crippen LogP contribution >= 0.6 is 0 Å². The van der Waals surface area contributed by atoms with Crippen molar-refractivity contribution in [2.75, 3.05) is 0 Å². The second kappa shape index (κ2) is 17.4.